The molecule has 1 saturated heterocycles. The molecule has 0 radical (unpaired) electrons. The number of ether oxygens (including phenoxy) is 2. The summed E-state index contributed by atoms with van der Waals surface area (Å²) in [6, 6.07) is 5.47. The summed E-state index contributed by atoms with van der Waals surface area (Å²) in [7, 11) is 0. The maximum absolute atomic E-state index is 12.5. The van der Waals surface area contributed by atoms with E-state index in [1.54, 1.807) is 0 Å². The first-order valence-corrected chi connectivity index (χ1v) is 9.71. The molecule has 2 aliphatic heterocycles. The van der Waals surface area contributed by atoms with E-state index >= 15 is 0 Å². The maximum atomic E-state index is 12.5. The minimum absolute atomic E-state index is 0.122. The number of piperidine rings is 1. The number of benzene rings is 1. The summed E-state index contributed by atoms with van der Waals surface area (Å²) in [6.07, 6.45) is 1.18. The van der Waals surface area contributed by atoms with E-state index in [-0.39, 0.29) is 12.7 Å². The molecule has 0 bridgehead atoms. The van der Waals surface area contributed by atoms with Gasteiger partial charge in [0.25, 0.3) is 5.22 Å². The minimum atomic E-state index is 0.122. The van der Waals surface area contributed by atoms with Gasteiger partial charge in [0.1, 0.15) is 0 Å². The average Bonchev–Trinajstić information content (AvgIpc) is 3.27. The van der Waals surface area contributed by atoms with Crippen molar-refractivity contribution in [3.05, 3.63) is 18.2 Å². The van der Waals surface area contributed by atoms with Crippen LogP contribution in [0, 0.1) is 11.8 Å². The monoisotopic (exact) mass is 375 g/mol. The number of aromatic nitrogens is 2. The topological polar surface area (TPSA) is 77.7 Å². The molecule has 26 heavy (non-hydrogen) atoms. The molecule has 2 aromatic rings. The van der Waals surface area contributed by atoms with Crippen LogP contribution in [0.5, 0.6) is 11.5 Å². The summed E-state index contributed by atoms with van der Waals surface area (Å²) in [5.74, 6) is 3.30. The Hall–Kier alpha value is -2.22. The van der Waals surface area contributed by atoms with E-state index in [2.05, 4.69) is 24.0 Å². The van der Waals surface area contributed by atoms with Gasteiger partial charge in [-0.05, 0) is 36.5 Å². The fourth-order valence-electron chi connectivity index (χ4n) is 3.50. The van der Waals surface area contributed by atoms with E-state index in [0.717, 1.165) is 18.7 Å². The zero-order chi connectivity index (χ0) is 18.1. The van der Waals surface area contributed by atoms with Gasteiger partial charge in [0, 0.05) is 18.7 Å². The molecule has 1 aromatic heterocycles. The highest BCUT2D eigenvalue weighted by atomic mass is 32.2. The number of rotatable bonds is 4. The molecule has 3 heterocycles. The molecule has 0 aliphatic carbocycles. The summed E-state index contributed by atoms with van der Waals surface area (Å²) in [6.45, 7) is 6.27. The molecular formula is C18H21N3O4S. The van der Waals surface area contributed by atoms with Gasteiger partial charge in [0.05, 0.1) is 5.75 Å². The van der Waals surface area contributed by atoms with E-state index in [9.17, 15) is 4.79 Å². The number of amides is 1. The first kappa shape index (κ1) is 17.2. The molecule has 2 atom stereocenters. The van der Waals surface area contributed by atoms with Crippen molar-refractivity contribution in [2.75, 3.05) is 25.6 Å². The van der Waals surface area contributed by atoms with Gasteiger partial charge in [-0.25, -0.2) is 0 Å². The SMILES string of the molecule is CC1CC(C)CN(C(=O)CSc2nnc(-c3ccc4c(c3)OCO4)o2)C1. The van der Waals surface area contributed by atoms with Crippen molar-refractivity contribution in [1.82, 2.24) is 15.1 Å². The fourth-order valence-corrected chi connectivity index (χ4v) is 4.16. The number of hydrogen-bond acceptors (Lipinski definition) is 7. The van der Waals surface area contributed by atoms with Crippen LogP contribution < -0.4 is 9.47 Å². The molecule has 1 aromatic carbocycles. The standard InChI is InChI=1S/C18H21N3O4S/c1-11-5-12(2)8-21(7-11)16(22)9-26-18-20-19-17(25-18)13-3-4-14-15(6-13)24-10-23-14/h3-4,6,11-12H,5,7-10H2,1-2H3. The van der Waals surface area contributed by atoms with Crippen molar-refractivity contribution in [1.29, 1.82) is 0 Å². The molecule has 7 nitrogen and oxygen atoms in total. The molecule has 2 unspecified atom stereocenters. The second kappa shape index (κ2) is 7.19. The van der Waals surface area contributed by atoms with Crippen LogP contribution in [0.15, 0.2) is 27.8 Å². The van der Waals surface area contributed by atoms with Crippen molar-refractivity contribution in [3.63, 3.8) is 0 Å². The van der Waals surface area contributed by atoms with Crippen LogP contribution in [-0.2, 0) is 4.79 Å². The summed E-state index contributed by atoms with van der Waals surface area (Å²) in [4.78, 5) is 14.4. The lowest BCUT2D eigenvalue weighted by Gasteiger charge is -2.34. The predicted octanol–water partition coefficient (Wildman–Crippen LogP) is 3.06. The highest BCUT2D eigenvalue weighted by Crippen LogP contribution is 2.36. The highest BCUT2D eigenvalue weighted by Gasteiger charge is 2.25. The number of carbonyl (C=O) groups excluding carboxylic acids is 1. The zero-order valence-electron chi connectivity index (χ0n) is 14.8. The zero-order valence-corrected chi connectivity index (χ0v) is 15.6. The Kier molecular flexibility index (Phi) is 4.76. The smallest absolute Gasteiger partial charge is 0.277 e. The molecule has 138 valence electrons. The van der Waals surface area contributed by atoms with Crippen LogP contribution in [0.3, 0.4) is 0 Å². The Bertz CT molecular complexity index is 799. The van der Waals surface area contributed by atoms with Gasteiger partial charge in [0.15, 0.2) is 11.5 Å². The van der Waals surface area contributed by atoms with Crippen molar-refractivity contribution >= 4 is 17.7 Å². The summed E-state index contributed by atoms with van der Waals surface area (Å²) in [5, 5.41) is 8.50. The number of hydrogen-bond donors (Lipinski definition) is 0. The molecule has 1 fully saturated rings. The summed E-state index contributed by atoms with van der Waals surface area (Å²) < 4.78 is 16.3. The summed E-state index contributed by atoms with van der Waals surface area (Å²) >= 11 is 1.28. The third-order valence-corrected chi connectivity index (χ3v) is 5.37. The van der Waals surface area contributed by atoms with E-state index in [1.807, 2.05) is 23.1 Å². The lowest BCUT2D eigenvalue weighted by atomic mass is 9.92. The molecule has 2 aliphatic rings. The molecule has 0 spiro atoms. The molecule has 1 amide bonds. The third kappa shape index (κ3) is 3.65. The third-order valence-electron chi connectivity index (χ3n) is 4.57. The van der Waals surface area contributed by atoms with Crippen molar-refractivity contribution in [2.24, 2.45) is 11.8 Å². The Morgan fingerprint density at radius 3 is 2.77 bits per heavy atom. The summed E-state index contributed by atoms with van der Waals surface area (Å²) in [5.41, 5.74) is 0.763. The highest BCUT2D eigenvalue weighted by molar-refractivity contribution is 7.99. The quantitative estimate of drug-likeness (QED) is 0.760. The van der Waals surface area contributed by atoms with Gasteiger partial charge in [-0.3, -0.25) is 4.79 Å². The Balaban J connectivity index is 1.37. The lowest BCUT2D eigenvalue weighted by Crippen LogP contribution is -2.43. The average molecular weight is 375 g/mol. The van der Waals surface area contributed by atoms with Crippen molar-refractivity contribution in [3.8, 4) is 23.0 Å². The van der Waals surface area contributed by atoms with Crippen LogP contribution in [0.4, 0.5) is 0 Å². The van der Waals surface area contributed by atoms with E-state index < -0.39 is 0 Å². The second-order valence-electron chi connectivity index (χ2n) is 6.97. The maximum Gasteiger partial charge on any atom is 0.277 e. The predicted molar refractivity (Wildman–Crippen MR) is 96.1 cm³/mol. The minimum Gasteiger partial charge on any atom is -0.454 e. The van der Waals surface area contributed by atoms with Crippen molar-refractivity contribution in [2.45, 2.75) is 25.5 Å². The number of nitrogens with zero attached hydrogens (tertiary/aromatic N) is 3. The fraction of sp³-hybridized carbons (Fsp3) is 0.500. The Morgan fingerprint density at radius 2 is 1.96 bits per heavy atom. The van der Waals surface area contributed by atoms with Crippen LogP contribution in [-0.4, -0.2) is 46.6 Å². The number of fused-ring (bicyclic) bond motifs is 1. The number of carbonyl (C=O) groups is 1. The van der Waals surface area contributed by atoms with Gasteiger partial charge in [-0.2, -0.15) is 0 Å². The Morgan fingerprint density at radius 1 is 1.19 bits per heavy atom. The largest absolute Gasteiger partial charge is 0.454 e. The number of thioether (sulfide) groups is 1. The molecule has 0 N–H and O–H groups in total. The van der Waals surface area contributed by atoms with Crippen LogP contribution in [0.2, 0.25) is 0 Å². The van der Waals surface area contributed by atoms with Gasteiger partial charge < -0.3 is 18.8 Å². The van der Waals surface area contributed by atoms with E-state index in [4.69, 9.17) is 13.9 Å². The number of likely N-dealkylation sites (tertiary alicyclic amines) is 1. The normalized spacial score (nSPS) is 21.8. The van der Waals surface area contributed by atoms with Crippen LogP contribution in [0.1, 0.15) is 20.3 Å². The van der Waals surface area contributed by atoms with Gasteiger partial charge in [0.2, 0.25) is 18.6 Å². The molecular weight excluding hydrogens is 354 g/mol. The van der Waals surface area contributed by atoms with Gasteiger partial charge >= 0.3 is 0 Å². The van der Waals surface area contributed by atoms with Gasteiger partial charge in [-0.1, -0.05) is 25.6 Å². The van der Waals surface area contributed by atoms with Crippen LogP contribution >= 0.6 is 11.8 Å². The van der Waals surface area contributed by atoms with Gasteiger partial charge in [-0.15, -0.1) is 10.2 Å². The lowest BCUT2D eigenvalue weighted by molar-refractivity contribution is -0.130. The van der Waals surface area contributed by atoms with Crippen molar-refractivity contribution < 1.29 is 18.7 Å². The first-order chi connectivity index (χ1) is 12.6. The van der Waals surface area contributed by atoms with E-state index in [0.29, 0.717) is 40.2 Å². The molecule has 4 rings (SSSR count). The second-order valence-corrected chi connectivity index (χ2v) is 7.90. The first-order valence-electron chi connectivity index (χ1n) is 8.72. The molecule has 0 saturated carbocycles. The Labute approximate surface area is 156 Å². The van der Waals surface area contributed by atoms with E-state index in [1.165, 1.54) is 18.2 Å². The molecule has 8 heteroatoms. The van der Waals surface area contributed by atoms with Crippen LogP contribution in [0.25, 0.3) is 11.5 Å².